The van der Waals surface area contributed by atoms with Crippen LogP contribution in [0, 0.1) is 18.8 Å². The minimum absolute atomic E-state index is 0.0442. The molecule has 4 rings (SSSR count). The summed E-state index contributed by atoms with van der Waals surface area (Å²) >= 11 is 0. The fourth-order valence-electron chi connectivity index (χ4n) is 3.26. The topological polar surface area (TPSA) is 75.9 Å². The predicted octanol–water partition coefficient (Wildman–Crippen LogP) is 1.71. The van der Waals surface area contributed by atoms with Crippen LogP contribution < -0.4 is 10.2 Å². The zero-order valence-electron chi connectivity index (χ0n) is 14.6. The first-order valence-corrected chi connectivity index (χ1v) is 9.08. The van der Waals surface area contributed by atoms with E-state index in [-0.39, 0.29) is 11.8 Å². The van der Waals surface area contributed by atoms with Crippen molar-refractivity contribution < 1.29 is 4.79 Å². The Balaban J connectivity index is 1.39. The van der Waals surface area contributed by atoms with E-state index < -0.39 is 0 Å². The minimum Gasteiger partial charge on any atom is -0.356 e. The molecule has 0 spiro atoms. The van der Waals surface area contributed by atoms with E-state index in [0.717, 1.165) is 37.4 Å². The average molecular weight is 340 g/mol. The zero-order chi connectivity index (χ0) is 17.2. The summed E-state index contributed by atoms with van der Waals surface area (Å²) in [4.78, 5) is 14.5. The van der Waals surface area contributed by atoms with E-state index in [2.05, 4.69) is 25.5 Å². The summed E-state index contributed by atoms with van der Waals surface area (Å²) in [7, 11) is 0. The third kappa shape index (κ3) is 3.81. The first-order chi connectivity index (χ1) is 12.2. The molecule has 1 saturated carbocycles. The average Bonchev–Trinajstić information content (AvgIpc) is 3.39. The lowest BCUT2D eigenvalue weighted by atomic mass is 9.97. The summed E-state index contributed by atoms with van der Waals surface area (Å²) in [5, 5.41) is 16.1. The molecule has 2 aromatic rings. The van der Waals surface area contributed by atoms with Crippen LogP contribution in [0.1, 0.15) is 31.4 Å². The van der Waals surface area contributed by atoms with Crippen molar-refractivity contribution in [1.82, 2.24) is 25.3 Å². The van der Waals surface area contributed by atoms with Crippen LogP contribution in [0.2, 0.25) is 0 Å². The van der Waals surface area contributed by atoms with Crippen molar-refractivity contribution in [2.24, 2.45) is 11.8 Å². The van der Waals surface area contributed by atoms with Crippen molar-refractivity contribution in [2.75, 3.05) is 24.5 Å². The lowest BCUT2D eigenvalue weighted by molar-refractivity contribution is -0.125. The summed E-state index contributed by atoms with van der Waals surface area (Å²) in [6.45, 7) is 4.42. The van der Waals surface area contributed by atoms with Gasteiger partial charge in [-0.2, -0.15) is 5.10 Å². The van der Waals surface area contributed by atoms with E-state index in [4.69, 9.17) is 0 Å². The largest absolute Gasteiger partial charge is 0.356 e. The maximum absolute atomic E-state index is 12.4. The second-order valence-corrected chi connectivity index (χ2v) is 7.13. The molecule has 1 atom stereocenters. The molecule has 2 fully saturated rings. The first kappa shape index (κ1) is 16.1. The summed E-state index contributed by atoms with van der Waals surface area (Å²) in [6, 6.07) is 5.82. The molecule has 0 radical (unpaired) electrons. The van der Waals surface area contributed by atoms with Gasteiger partial charge >= 0.3 is 0 Å². The van der Waals surface area contributed by atoms with Crippen LogP contribution in [0.25, 0.3) is 5.82 Å². The van der Waals surface area contributed by atoms with Crippen LogP contribution in [0.15, 0.2) is 24.4 Å². The van der Waals surface area contributed by atoms with Crippen LogP contribution in [-0.2, 0) is 4.79 Å². The Hall–Kier alpha value is -2.44. The van der Waals surface area contributed by atoms with Crippen molar-refractivity contribution in [2.45, 2.75) is 32.6 Å². The smallest absolute Gasteiger partial charge is 0.224 e. The van der Waals surface area contributed by atoms with Gasteiger partial charge in [-0.25, -0.2) is 4.68 Å². The van der Waals surface area contributed by atoms with Gasteiger partial charge in [-0.05, 0) is 56.7 Å². The van der Waals surface area contributed by atoms with Crippen molar-refractivity contribution in [3.8, 4) is 5.82 Å². The molecule has 1 N–H and O–H groups in total. The molecule has 1 aliphatic heterocycles. The second kappa shape index (κ2) is 6.82. The highest BCUT2D eigenvalue weighted by molar-refractivity contribution is 5.79. The summed E-state index contributed by atoms with van der Waals surface area (Å²) in [6.07, 6.45) is 6.35. The van der Waals surface area contributed by atoms with Crippen LogP contribution in [-0.4, -0.2) is 45.5 Å². The maximum atomic E-state index is 12.4. The normalized spacial score (nSPS) is 20.5. The van der Waals surface area contributed by atoms with Crippen molar-refractivity contribution >= 4 is 11.7 Å². The number of amides is 1. The molecule has 2 aliphatic rings. The fraction of sp³-hybridized carbons (Fsp3) is 0.556. The van der Waals surface area contributed by atoms with E-state index in [1.165, 1.54) is 12.8 Å². The third-order valence-electron chi connectivity index (χ3n) is 4.97. The molecule has 2 aromatic heterocycles. The van der Waals surface area contributed by atoms with Gasteiger partial charge in [-0.1, -0.05) is 0 Å². The number of carbonyl (C=O) groups is 1. The van der Waals surface area contributed by atoms with Gasteiger partial charge in [-0.3, -0.25) is 4.79 Å². The van der Waals surface area contributed by atoms with E-state index in [0.29, 0.717) is 18.3 Å². The molecule has 0 unspecified atom stereocenters. The number of hydrogen-bond acceptors (Lipinski definition) is 5. The Morgan fingerprint density at radius 3 is 2.68 bits per heavy atom. The lowest BCUT2D eigenvalue weighted by Gasteiger charge is -2.32. The zero-order valence-corrected chi connectivity index (χ0v) is 14.6. The van der Waals surface area contributed by atoms with Crippen molar-refractivity contribution in [3.05, 3.63) is 30.1 Å². The number of anilines is 1. The van der Waals surface area contributed by atoms with Gasteiger partial charge in [0.25, 0.3) is 0 Å². The molecule has 132 valence electrons. The highest BCUT2D eigenvalue weighted by atomic mass is 16.1. The Kier molecular flexibility index (Phi) is 4.38. The highest BCUT2D eigenvalue weighted by Gasteiger charge is 2.28. The number of rotatable bonds is 5. The second-order valence-electron chi connectivity index (χ2n) is 7.13. The number of aryl methyl sites for hydroxylation is 1. The summed E-state index contributed by atoms with van der Waals surface area (Å²) in [5.41, 5.74) is 0.946. The van der Waals surface area contributed by atoms with E-state index in [9.17, 15) is 4.79 Å². The van der Waals surface area contributed by atoms with Gasteiger partial charge in [-0.15, -0.1) is 10.2 Å². The van der Waals surface area contributed by atoms with Crippen molar-refractivity contribution in [1.29, 1.82) is 0 Å². The Morgan fingerprint density at radius 2 is 2.00 bits per heavy atom. The molecule has 25 heavy (non-hydrogen) atoms. The number of hydrogen-bond donors (Lipinski definition) is 1. The quantitative estimate of drug-likeness (QED) is 0.897. The van der Waals surface area contributed by atoms with Crippen molar-refractivity contribution in [3.63, 3.8) is 0 Å². The molecule has 7 nitrogen and oxygen atoms in total. The third-order valence-corrected chi connectivity index (χ3v) is 4.97. The number of nitrogens with one attached hydrogen (secondary N) is 1. The maximum Gasteiger partial charge on any atom is 0.224 e. The molecule has 7 heteroatoms. The first-order valence-electron chi connectivity index (χ1n) is 9.08. The Morgan fingerprint density at radius 1 is 1.20 bits per heavy atom. The molecule has 1 amide bonds. The predicted molar refractivity (Wildman–Crippen MR) is 94.6 cm³/mol. The minimum atomic E-state index is 0.0442. The van der Waals surface area contributed by atoms with E-state index in [1.807, 2.05) is 31.3 Å². The number of carbonyl (C=O) groups excluding carboxylic acids is 1. The SMILES string of the molecule is Cc1ccn(-c2ccc(N3CCC[C@@H](C(=O)NCC4CC4)C3)nn2)n1. The molecule has 3 heterocycles. The van der Waals surface area contributed by atoms with Crippen LogP contribution in [0.5, 0.6) is 0 Å². The van der Waals surface area contributed by atoms with Gasteiger partial charge < -0.3 is 10.2 Å². The molecule has 1 aliphatic carbocycles. The standard InChI is InChI=1S/C18H24N6O/c1-13-8-10-24(22-13)17-7-6-16(20-21-17)23-9-2-3-15(12-23)18(25)19-11-14-4-5-14/h6-8,10,14-15H,2-5,9,11-12H2,1H3,(H,19,25)/t15-/m1/s1. The fourth-order valence-corrected chi connectivity index (χ4v) is 3.26. The van der Waals surface area contributed by atoms with Crippen LogP contribution >= 0.6 is 0 Å². The van der Waals surface area contributed by atoms with Gasteiger partial charge in [0.2, 0.25) is 5.91 Å². The summed E-state index contributed by atoms with van der Waals surface area (Å²) in [5.74, 6) is 2.48. The van der Waals surface area contributed by atoms with Gasteiger partial charge in [0, 0.05) is 25.8 Å². The van der Waals surface area contributed by atoms with Crippen LogP contribution in [0.4, 0.5) is 5.82 Å². The number of nitrogens with zero attached hydrogens (tertiary/aromatic N) is 5. The molecule has 0 aromatic carbocycles. The number of piperidine rings is 1. The lowest BCUT2D eigenvalue weighted by Crippen LogP contribution is -2.43. The number of aromatic nitrogens is 4. The van der Waals surface area contributed by atoms with E-state index >= 15 is 0 Å². The molecular formula is C18H24N6O. The van der Waals surface area contributed by atoms with Gasteiger partial charge in [0.05, 0.1) is 11.6 Å². The molecule has 1 saturated heterocycles. The van der Waals surface area contributed by atoms with Gasteiger partial charge in [0.15, 0.2) is 11.6 Å². The molecular weight excluding hydrogens is 316 g/mol. The molecule has 0 bridgehead atoms. The Labute approximate surface area is 147 Å². The van der Waals surface area contributed by atoms with Crippen LogP contribution in [0.3, 0.4) is 0 Å². The van der Waals surface area contributed by atoms with Gasteiger partial charge in [0.1, 0.15) is 0 Å². The van der Waals surface area contributed by atoms with E-state index in [1.54, 1.807) is 4.68 Å². The summed E-state index contributed by atoms with van der Waals surface area (Å²) < 4.78 is 1.72. The highest BCUT2D eigenvalue weighted by Crippen LogP contribution is 2.28. The monoisotopic (exact) mass is 340 g/mol. The Bertz CT molecular complexity index is 736.